The summed E-state index contributed by atoms with van der Waals surface area (Å²) < 4.78 is 1.30. The quantitative estimate of drug-likeness (QED) is 0.887. The van der Waals surface area contributed by atoms with Crippen LogP contribution in [-0.2, 0) is 0 Å². The molecule has 18 heavy (non-hydrogen) atoms. The van der Waals surface area contributed by atoms with Crippen molar-refractivity contribution in [2.75, 3.05) is 6.54 Å². The summed E-state index contributed by atoms with van der Waals surface area (Å²) in [6.45, 7) is 5.35. The van der Waals surface area contributed by atoms with E-state index in [0.717, 1.165) is 13.0 Å². The highest BCUT2D eigenvalue weighted by molar-refractivity contribution is 7.19. The lowest BCUT2D eigenvalue weighted by atomic mass is 10.0. The molecular formula is C15H18N2S. The summed E-state index contributed by atoms with van der Waals surface area (Å²) in [6, 6.07) is 7.03. The van der Waals surface area contributed by atoms with Crippen LogP contribution in [0.25, 0.3) is 15.8 Å². The molecule has 2 aromatic rings. The maximum atomic E-state index is 4.83. The van der Waals surface area contributed by atoms with E-state index in [4.69, 9.17) is 4.98 Å². The molecule has 0 saturated heterocycles. The summed E-state index contributed by atoms with van der Waals surface area (Å²) in [5.41, 5.74) is 3.86. The smallest absolute Gasteiger partial charge is 0.120 e. The summed E-state index contributed by atoms with van der Waals surface area (Å²) in [5.74, 6) is 0. The number of benzene rings is 1. The van der Waals surface area contributed by atoms with Crippen LogP contribution in [0.5, 0.6) is 0 Å². The van der Waals surface area contributed by atoms with Gasteiger partial charge in [-0.3, -0.25) is 0 Å². The molecule has 94 valence electrons. The zero-order chi connectivity index (χ0) is 12.5. The molecule has 0 amide bonds. The van der Waals surface area contributed by atoms with Crippen molar-refractivity contribution in [2.24, 2.45) is 0 Å². The molecule has 1 unspecified atom stereocenters. The van der Waals surface area contributed by atoms with Crippen molar-refractivity contribution in [3.63, 3.8) is 0 Å². The third-order valence-electron chi connectivity index (χ3n) is 3.61. The van der Waals surface area contributed by atoms with E-state index in [9.17, 15) is 0 Å². The fraction of sp³-hybridized carbons (Fsp3) is 0.400. The van der Waals surface area contributed by atoms with Crippen molar-refractivity contribution >= 4 is 27.1 Å². The number of para-hydroxylation sites is 1. The Hall–Kier alpha value is -1.19. The monoisotopic (exact) mass is 258 g/mol. The van der Waals surface area contributed by atoms with E-state index in [0.29, 0.717) is 6.04 Å². The van der Waals surface area contributed by atoms with Crippen LogP contribution in [0.4, 0.5) is 0 Å². The van der Waals surface area contributed by atoms with Crippen LogP contribution in [-0.4, -0.2) is 17.6 Å². The largest absolute Gasteiger partial charge is 0.310 e. The molecule has 2 nitrogen and oxygen atoms in total. The van der Waals surface area contributed by atoms with Gasteiger partial charge >= 0.3 is 0 Å². The average Bonchev–Trinajstić information content (AvgIpc) is 2.84. The lowest BCUT2D eigenvalue weighted by Crippen LogP contribution is -2.32. The Morgan fingerprint density at radius 3 is 3.11 bits per heavy atom. The van der Waals surface area contributed by atoms with Crippen LogP contribution in [0.1, 0.15) is 30.3 Å². The van der Waals surface area contributed by atoms with Gasteiger partial charge in [-0.25, -0.2) is 4.98 Å². The molecule has 3 rings (SSSR count). The highest BCUT2D eigenvalue weighted by atomic mass is 32.1. The molecule has 2 heterocycles. The number of thiazole rings is 1. The molecule has 1 N–H and O–H groups in total. The SMILES string of the molecule is CCC1CC(c2nc3c(C)cccc3s2)=CCN1. The number of hydrogen-bond donors (Lipinski definition) is 1. The van der Waals surface area contributed by atoms with Crippen molar-refractivity contribution < 1.29 is 0 Å². The van der Waals surface area contributed by atoms with Crippen molar-refractivity contribution in [3.8, 4) is 0 Å². The molecule has 1 atom stereocenters. The summed E-state index contributed by atoms with van der Waals surface area (Å²) in [7, 11) is 0. The van der Waals surface area contributed by atoms with Gasteiger partial charge in [0.15, 0.2) is 0 Å². The summed E-state index contributed by atoms with van der Waals surface area (Å²) in [5, 5.41) is 4.72. The van der Waals surface area contributed by atoms with Crippen LogP contribution in [0.15, 0.2) is 24.3 Å². The van der Waals surface area contributed by atoms with Crippen LogP contribution in [0.3, 0.4) is 0 Å². The second kappa shape index (κ2) is 4.82. The molecule has 1 aromatic carbocycles. The first-order valence-electron chi connectivity index (χ1n) is 6.57. The number of aryl methyl sites for hydroxylation is 1. The third kappa shape index (κ3) is 2.08. The molecule has 1 aliphatic rings. The average molecular weight is 258 g/mol. The van der Waals surface area contributed by atoms with E-state index in [1.165, 1.54) is 32.8 Å². The van der Waals surface area contributed by atoms with Crippen molar-refractivity contribution in [1.29, 1.82) is 0 Å². The molecule has 0 aliphatic carbocycles. The number of hydrogen-bond acceptors (Lipinski definition) is 3. The summed E-state index contributed by atoms with van der Waals surface area (Å²) >= 11 is 1.82. The van der Waals surface area contributed by atoms with Gasteiger partial charge in [-0.15, -0.1) is 11.3 Å². The molecule has 1 aliphatic heterocycles. The number of fused-ring (bicyclic) bond motifs is 1. The summed E-state index contributed by atoms with van der Waals surface area (Å²) in [4.78, 5) is 4.83. The van der Waals surface area contributed by atoms with Gasteiger partial charge in [-0.1, -0.05) is 25.1 Å². The van der Waals surface area contributed by atoms with Gasteiger partial charge in [-0.05, 0) is 37.0 Å². The topological polar surface area (TPSA) is 24.9 Å². The Morgan fingerprint density at radius 2 is 2.33 bits per heavy atom. The maximum absolute atomic E-state index is 4.83. The van der Waals surface area contributed by atoms with Crippen molar-refractivity contribution in [1.82, 2.24) is 10.3 Å². The fourth-order valence-corrected chi connectivity index (χ4v) is 3.55. The Morgan fingerprint density at radius 1 is 1.44 bits per heavy atom. The van der Waals surface area contributed by atoms with E-state index in [2.05, 4.69) is 43.4 Å². The number of rotatable bonds is 2. The Balaban J connectivity index is 1.99. The van der Waals surface area contributed by atoms with Gasteiger partial charge in [0.2, 0.25) is 0 Å². The molecule has 1 aromatic heterocycles. The first-order valence-corrected chi connectivity index (χ1v) is 7.38. The maximum Gasteiger partial charge on any atom is 0.120 e. The second-order valence-corrected chi connectivity index (χ2v) is 5.92. The molecule has 3 heteroatoms. The van der Waals surface area contributed by atoms with Gasteiger partial charge in [0.05, 0.1) is 10.2 Å². The fourth-order valence-electron chi connectivity index (χ4n) is 2.46. The highest BCUT2D eigenvalue weighted by Crippen LogP contribution is 2.32. The molecule has 0 spiro atoms. The van der Waals surface area contributed by atoms with E-state index in [1.807, 2.05) is 11.3 Å². The van der Waals surface area contributed by atoms with Crippen molar-refractivity contribution in [2.45, 2.75) is 32.7 Å². The lowest BCUT2D eigenvalue weighted by Gasteiger charge is -2.21. The zero-order valence-corrected chi connectivity index (χ0v) is 11.7. The number of nitrogens with zero attached hydrogens (tertiary/aromatic N) is 1. The first kappa shape index (κ1) is 11.9. The van der Waals surface area contributed by atoms with E-state index in [1.54, 1.807) is 0 Å². The molecule has 0 saturated carbocycles. The zero-order valence-electron chi connectivity index (χ0n) is 10.9. The Kier molecular flexibility index (Phi) is 3.18. The van der Waals surface area contributed by atoms with E-state index < -0.39 is 0 Å². The molecule has 0 bridgehead atoms. The Bertz CT molecular complexity index is 598. The van der Waals surface area contributed by atoms with Crippen LogP contribution >= 0.6 is 11.3 Å². The molecule has 0 radical (unpaired) electrons. The van der Waals surface area contributed by atoms with Gasteiger partial charge in [-0.2, -0.15) is 0 Å². The van der Waals surface area contributed by atoms with Crippen molar-refractivity contribution in [3.05, 3.63) is 34.8 Å². The van der Waals surface area contributed by atoms with Gasteiger partial charge in [0, 0.05) is 12.6 Å². The highest BCUT2D eigenvalue weighted by Gasteiger charge is 2.17. The minimum atomic E-state index is 0.609. The van der Waals surface area contributed by atoms with Gasteiger partial charge in [0.1, 0.15) is 5.01 Å². The normalized spacial score (nSPS) is 20.1. The minimum Gasteiger partial charge on any atom is -0.310 e. The first-order chi connectivity index (χ1) is 8.78. The lowest BCUT2D eigenvalue weighted by molar-refractivity contribution is 0.521. The second-order valence-electron chi connectivity index (χ2n) is 4.89. The molecule has 0 fully saturated rings. The van der Waals surface area contributed by atoms with Crippen LogP contribution in [0.2, 0.25) is 0 Å². The van der Waals surface area contributed by atoms with Gasteiger partial charge in [0.25, 0.3) is 0 Å². The third-order valence-corrected chi connectivity index (χ3v) is 4.71. The van der Waals surface area contributed by atoms with E-state index >= 15 is 0 Å². The van der Waals surface area contributed by atoms with Crippen LogP contribution < -0.4 is 5.32 Å². The Labute approximate surface area is 112 Å². The van der Waals surface area contributed by atoms with Crippen LogP contribution in [0, 0.1) is 6.92 Å². The van der Waals surface area contributed by atoms with Gasteiger partial charge < -0.3 is 5.32 Å². The summed E-state index contributed by atoms with van der Waals surface area (Å²) in [6.07, 6.45) is 4.58. The predicted molar refractivity (Wildman–Crippen MR) is 79.0 cm³/mol. The predicted octanol–water partition coefficient (Wildman–Crippen LogP) is 3.76. The van der Waals surface area contributed by atoms with E-state index in [-0.39, 0.29) is 0 Å². The number of aromatic nitrogens is 1. The number of nitrogens with one attached hydrogen (secondary N) is 1. The molecular weight excluding hydrogens is 240 g/mol. The minimum absolute atomic E-state index is 0.609. The standard InChI is InChI=1S/C15H18N2S/c1-3-12-9-11(7-8-16-12)15-17-14-10(2)5-4-6-13(14)18-15/h4-7,12,16H,3,8-9H2,1-2H3.